The summed E-state index contributed by atoms with van der Waals surface area (Å²) in [4.78, 5) is 76.9. The molecule has 11 rings (SSSR count). The third kappa shape index (κ3) is 7.04. The van der Waals surface area contributed by atoms with Crippen molar-refractivity contribution >= 4 is 46.1 Å². The highest BCUT2D eigenvalue weighted by Gasteiger charge is 2.51. The van der Waals surface area contributed by atoms with Gasteiger partial charge in [0.1, 0.15) is 17.7 Å². The zero-order chi connectivity index (χ0) is 45.1. The number of aromatic nitrogens is 1. The molecule has 340 valence electrons. The van der Waals surface area contributed by atoms with Crippen LogP contribution < -0.4 is 10.2 Å². The Kier molecular flexibility index (Phi) is 10.2. The zero-order valence-electron chi connectivity index (χ0n) is 36.2. The lowest BCUT2D eigenvalue weighted by Gasteiger charge is -2.53. The summed E-state index contributed by atoms with van der Waals surface area (Å²) >= 11 is 0. The Morgan fingerprint density at radius 2 is 1.51 bits per heavy atom. The first-order valence-corrected chi connectivity index (χ1v) is 23.0. The van der Waals surface area contributed by atoms with Crippen molar-refractivity contribution in [1.82, 2.24) is 29.9 Å². The molecule has 1 spiro atoms. The van der Waals surface area contributed by atoms with E-state index in [0.717, 1.165) is 71.0 Å². The number of para-hydroxylation sites is 1. The van der Waals surface area contributed by atoms with Crippen LogP contribution in [-0.2, 0) is 33.9 Å². The van der Waals surface area contributed by atoms with Crippen molar-refractivity contribution in [1.29, 1.82) is 0 Å². The third-order valence-corrected chi connectivity index (χ3v) is 15.9. The molecule has 0 radical (unpaired) electrons. The summed E-state index contributed by atoms with van der Waals surface area (Å²) in [5.41, 5.74) is 5.00. The molecular formula is C49H51F4N7O5. The minimum atomic E-state index is -2.68. The van der Waals surface area contributed by atoms with Gasteiger partial charge in [-0.1, -0.05) is 18.2 Å². The van der Waals surface area contributed by atoms with Gasteiger partial charge in [0.25, 0.3) is 18.2 Å². The summed E-state index contributed by atoms with van der Waals surface area (Å²) in [6, 6.07) is 11.7. The summed E-state index contributed by atoms with van der Waals surface area (Å²) < 4.78 is 60.6. The summed E-state index contributed by atoms with van der Waals surface area (Å²) in [7, 11) is 0. The lowest BCUT2D eigenvalue weighted by Crippen LogP contribution is -2.54. The van der Waals surface area contributed by atoms with Gasteiger partial charge >= 0.3 is 0 Å². The van der Waals surface area contributed by atoms with Gasteiger partial charge in [0.2, 0.25) is 17.7 Å². The summed E-state index contributed by atoms with van der Waals surface area (Å²) in [6.07, 6.45) is 2.79. The lowest BCUT2D eigenvalue weighted by molar-refractivity contribution is -0.146. The second kappa shape index (κ2) is 15.8. The number of nitrogens with one attached hydrogen (secondary N) is 2. The van der Waals surface area contributed by atoms with Gasteiger partial charge in [-0.05, 0) is 111 Å². The van der Waals surface area contributed by atoms with E-state index in [1.54, 1.807) is 12.1 Å². The number of piperidine rings is 3. The number of carbonyl (C=O) groups excluding carboxylic acids is 5. The number of benzene rings is 3. The normalized spacial score (nSPS) is 25.1. The molecule has 0 bridgehead atoms. The van der Waals surface area contributed by atoms with Crippen LogP contribution in [-0.4, -0.2) is 111 Å². The molecule has 7 aliphatic rings. The number of aromatic amines is 1. The largest absolute Gasteiger partial charge is 0.371 e. The number of fused-ring (bicyclic) bond motifs is 5. The van der Waals surface area contributed by atoms with E-state index >= 15 is 8.78 Å². The highest BCUT2D eigenvalue weighted by molar-refractivity contribution is 6.23. The molecule has 2 unspecified atom stereocenters. The smallest absolute Gasteiger partial charge is 0.262 e. The standard InChI is InChI=1S/C49H51F4N7O5/c1-26-16-33-32-4-2-3-5-38(32)54-43(33)44(59(26)25-40(52)53)42-36(50)19-31(20-37(42)51)56-14-10-49(11-15-56)21-29(22-49)46(63)57-12-8-30(9-13-57)58-23-27-17-34-35(18-28(27)24-58)48(65)60(47(34)64)39-6-7-41(61)55-45(39)62/h2-5,17-20,26,29-30,39-40,44,54H,6-16,21-25H2,1H3,(H,55,61,62)/t26-,39?,44?/m1/s1. The number of anilines is 1. The number of H-pyrrole nitrogens is 1. The number of halogens is 4. The topological polar surface area (TPSA) is 129 Å². The van der Waals surface area contributed by atoms with Gasteiger partial charge < -0.3 is 14.8 Å². The van der Waals surface area contributed by atoms with Gasteiger partial charge in [0, 0.05) is 91.5 Å². The van der Waals surface area contributed by atoms with Crippen LogP contribution in [0.1, 0.15) is 113 Å². The maximum Gasteiger partial charge on any atom is 0.262 e. The molecule has 2 N–H and O–H groups in total. The van der Waals surface area contributed by atoms with E-state index in [0.29, 0.717) is 68.2 Å². The summed E-state index contributed by atoms with van der Waals surface area (Å²) in [5, 5.41) is 3.16. The van der Waals surface area contributed by atoms with E-state index in [9.17, 15) is 32.8 Å². The monoisotopic (exact) mass is 893 g/mol. The number of hydrogen-bond donors (Lipinski definition) is 2. The fourth-order valence-electron chi connectivity index (χ4n) is 12.4. The molecule has 3 saturated heterocycles. The predicted octanol–water partition coefficient (Wildman–Crippen LogP) is 6.45. The van der Waals surface area contributed by atoms with Crippen LogP contribution in [0, 0.1) is 23.0 Å². The molecule has 4 aromatic rings. The molecule has 1 saturated carbocycles. The fourth-order valence-corrected chi connectivity index (χ4v) is 12.4. The van der Waals surface area contributed by atoms with E-state index in [1.807, 2.05) is 41.0 Å². The third-order valence-electron chi connectivity index (χ3n) is 15.9. The summed E-state index contributed by atoms with van der Waals surface area (Å²) in [5.74, 6) is -3.44. The maximum absolute atomic E-state index is 16.3. The molecule has 7 heterocycles. The summed E-state index contributed by atoms with van der Waals surface area (Å²) in [6.45, 7) is 4.95. The highest BCUT2D eigenvalue weighted by Crippen LogP contribution is 2.54. The Morgan fingerprint density at radius 3 is 2.14 bits per heavy atom. The Labute approximate surface area is 373 Å². The SMILES string of the molecule is C[C@@H]1Cc2c([nH]c3ccccc23)C(c2c(F)cc(N3CCC4(CC3)CC(C(=O)N3CCC(N5Cc6cc7c(cc6C5)C(=O)N(C5CCC(=O)NC5=O)C7=O)CC3)C4)cc2F)N1CC(F)F. The van der Waals surface area contributed by atoms with E-state index in [1.165, 1.54) is 17.0 Å². The molecule has 16 heteroatoms. The van der Waals surface area contributed by atoms with Crippen molar-refractivity contribution in [3.05, 3.63) is 99.2 Å². The number of hydrogen-bond acceptors (Lipinski definition) is 8. The van der Waals surface area contributed by atoms with Crippen molar-refractivity contribution in [3.8, 4) is 0 Å². The van der Waals surface area contributed by atoms with Crippen LogP contribution in [0.5, 0.6) is 0 Å². The molecular weight excluding hydrogens is 843 g/mol. The van der Waals surface area contributed by atoms with Gasteiger partial charge in [-0.2, -0.15) is 0 Å². The average Bonchev–Trinajstić information content (AvgIpc) is 3.93. The van der Waals surface area contributed by atoms with Crippen molar-refractivity contribution in [2.24, 2.45) is 11.3 Å². The quantitative estimate of drug-likeness (QED) is 0.160. The zero-order valence-corrected chi connectivity index (χ0v) is 36.2. The molecule has 1 aromatic heterocycles. The van der Waals surface area contributed by atoms with Crippen LogP contribution >= 0.6 is 0 Å². The number of likely N-dealkylation sites (tertiary alicyclic amines) is 1. The van der Waals surface area contributed by atoms with E-state index in [4.69, 9.17) is 0 Å². The van der Waals surface area contributed by atoms with E-state index < -0.39 is 60.3 Å². The molecule has 3 aromatic carbocycles. The molecule has 65 heavy (non-hydrogen) atoms. The molecule has 6 aliphatic heterocycles. The van der Waals surface area contributed by atoms with Crippen molar-refractivity contribution in [2.45, 2.75) is 108 Å². The van der Waals surface area contributed by atoms with Gasteiger partial charge in [0.15, 0.2) is 0 Å². The van der Waals surface area contributed by atoms with Crippen LogP contribution in [0.4, 0.5) is 23.2 Å². The second-order valence-electron chi connectivity index (χ2n) is 19.6. The minimum absolute atomic E-state index is 0.00941. The second-order valence-corrected chi connectivity index (χ2v) is 19.6. The van der Waals surface area contributed by atoms with E-state index in [-0.39, 0.29) is 47.7 Å². The van der Waals surface area contributed by atoms with Gasteiger partial charge in [0.05, 0.1) is 23.7 Å². The van der Waals surface area contributed by atoms with Crippen LogP contribution in [0.3, 0.4) is 0 Å². The molecule has 4 fully saturated rings. The number of nitrogens with zero attached hydrogens (tertiary/aromatic N) is 5. The van der Waals surface area contributed by atoms with Crippen molar-refractivity contribution in [3.63, 3.8) is 0 Å². The van der Waals surface area contributed by atoms with Gasteiger partial charge in [-0.25, -0.2) is 17.6 Å². The number of carbonyl (C=O) groups is 5. The van der Waals surface area contributed by atoms with Crippen LogP contribution in [0.25, 0.3) is 10.9 Å². The Morgan fingerprint density at radius 1 is 0.862 bits per heavy atom. The molecule has 12 nitrogen and oxygen atoms in total. The average molecular weight is 894 g/mol. The van der Waals surface area contributed by atoms with E-state index in [2.05, 4.69) is 15.2 Å². The van der Waals surface area contributed by atoms with Gasteiger partial charge in [-0.15, -0.1) is 0 Å². The Hall–Kier alpha value is -5.61. The molecule has 5 amide bonds. The first-order chi connectivity index (χ1) is 31.3. The Balaban J connectivity index is 0.687. The minimum Gasteiger partial charge on any atom is -0.371 e. The fraction of sp³-hybridized carbons (Fsp3) is 0.490. The predicted molar refractivity (Wildman–Crippen MR) is 231 cm³/mol. The Bertz CT molecular complexity index is 2600. The number of imide groups is 2. The molecule has 1 aliphatic carbocycles. The lowest BCUT2D eigenvalue weighted by atomic mass is 9.57. The van der Waals surface area contributed by atoms with Crippen molar-refractivity contribution < 1.29 is 41.5 Å². The van der Waals surface area contributed by atoms with Crippen LogP contribution in [0.2, 0.25) is 0 Å². The number of amides is 5. The maximum atomic E-state index is 16.3. The van der Waals surface area contributed by atoms with Crippen LogP contribution in [0.15, 0.2) is 48.5 Å². The first kappa shape index (κ1) is 42.1. The highest BCUT2D eigenvalue weighted by atomic mass is 19.3. The van der Waals surface area contributed by atoms with Crippen molar-refractivity contribution in [2.75, 3.05) is 37.6 Å². The first-order valence-electron chi connectivity index (χ1n) is 23.0. The molecule has 3 atom stereocenters. The number of rotatable bonds is 7. The van der Waals surface area contributed by atoms with Gasteiger partial charge in [-0.3, -0.25) is 44.0 Å². The number of alkyl halides is 2.